The summed E-state index contributed by atoms with van der Waals surface area (Å²) >= 11 is 5.98. The highest BCUT2D eigenvalue weighted by Crippen LogP contribution is 2.26. The van der Waals surface area contributed by atoms with Gasteiger partial charge in [-0.3, -0.25) is 13.9 Å². The van der Waals surface area contributed by atoms with Crippen molar-refractivity contribution in [2.75, 3.05) is 10.8 Å². The third-order valence-corrected chi connectivity index (χ3v) is 8.08. The van der Waals surface area contributed by atoms with E-state index in [1.165, 1.54) is 29.2 Å². The number of nitrogens with one attached hydrogen (secondary N) is 1. The summed E-state index contributed by atoms with van der Waals surface area (Å²) in [6.07, 6.45) is 0. The first kappa shape index (κ1) is 29.2. The van der Waals surface area contributed by atoms with Crippen molar-refractivity contribution >= 4 is 39.1 Å². The fourth-order valence-electron chi connectivity index (χ4n) is 3.97. The molecule has 3 aromatic carbocycles. The molecule has 1 unspecified atom stereocenters. The summed E-state index contributed by atoms with van der Waals surface area (Å²) in [6, 6.07) is 19.4. The maximum Gasteiger partial charge on any atom is 0.264 e. The van der Waals surface area contributed by atoms with Crippen molar-refractivity contribution in [3.8, 4) is 0 Å². The summed E-state index contributed by atoms with van der Waals surface area (Å²) in [7, 11) is -4.13. The molecule has 0 bridgehead atoms. The monoisotopic (exact) mass is 555 g/mol. The molecule has 0 saturated heterocycles. The number of rotatable bonds is 10. The van der Waals surface area contributed by atoms with E-state index in [1.807, 2.05) is 52.0 Å². The molecule has 0 aliphatic heterocycles. The van der Waals surface area contributed by atoms with Gasteiger partial charge in [-0.2, -0.15) is 0 Å². The van der Waals surface area contributed by atoms with Gasteiger partial charge in [-0.25, -0.2) is 8.42 Å². The molecule has 7 nitrogen and oxygen atoms in total. The summed E-state index contributed by atoms with van der Waals surface area (Å²) in [4.78, 5) is 28.2. The van der Waals surface area contributed by atoms with Gasteiger partial charge in [0.1, 0.15) is 12.6 Å². The van der Waals surface area contributed by atoms with Crippen molar-refractivity contribution in [2.45, 2.75) is 58.1 Å². The van der Waals surface area contributed by atoms with Gasteiger partial charge in [0.05, 0.1) is 10.6 Å². The molecule has 0 aliphatic carbocycles. The van der Waals surface area contributed by atoms with Crippen LogP contribution in [0.5, 0.6) is 0 Å². The van der Waals surface area contributed by atoms with Crippen LogP contribution in [0.25, 0.3) is 0 Å². The Bertz CT molecular complexity index is 1370. The molecule has 1 N–H and O–H groups in total. The molecule has 1 atom stereocenters. The second-order valence-electron chi connectivity index (χ2n) is 9.65. The van der Waals surface area contributed by atoms with Crippen LogP contribution in [0.4, 0.5) is 5.69 Å². The molecule has 0 aliphatic rings. The van der Waals surface area contributed by atoms with Crippen molar-refractivity contribution < 1.29 is 18.0 Å². The van der Waals surface area contributed by atoms with Crippen molar-refractivity contribution in [3.63, 3.8) is 0 Å². The van der Waals surface area contributed by atoms with Gasteiger partial charge in [0.25, 0.3) is 10.0 Å². The normalized spacial score (nSPS) is 12.2. The smallest absolute Gasteiger partial charge is 0.264 e. The van der Waals surface area contributed by atoms with E-state index in [1.54, 1.807) is 31.2 Å². The first-order chi connectivity index (χ1) is 17.9. The van der Waals surface area contributed by atoms with E-state index in [9.17, 15) is 18.0 Å². The summed E-state index contributed by atoms with van der Waals surface area (Å²) in [5.74, 6) is -0.820. The van der Waals surface area contributed by atoms with Gasteiger partial charge < -0.3 is 10.2 Å². The minimum atomic E-state index is -4.13. The van der Waals surface area contributed by atoms with E-state index in [0.717, 1.165) is 21.0 Å². The van der Waals surface area contributed by atoms with E-state index >= 15 is 0 Å². The lowest BCUT2D eigenvalue weighted by Crippen LogP contribution is -2.52. The largest absolute Gasteiger partial charge is 0.352 e. The minimum Gasteiger partial charge on any atom is -0.352 e. The van der Waals surface area contributed by atoms with Gasteiger partial charge in [-0.1, -0.05) is 59.1 Å². The van der Waals surface area contributed by atoms with Crippen LogP contribution in [-0.4, -0.2) is 43.8 Å². The second kappa shape index (κ2) is 12.5. The highest BCUT2D eigenvalue weighted by molar-refractivity contribution is 7.92. The molecule has 202 valence electrons. The molecular formula is C29H34ClN3O4S. The summed E-state index contributed by atoms with van der Waals surface area (Å²) in [5, 5.41) is 3.25. The lowest BCUT2D eigenvalue weighted by molar-refractivity contribution is -0.139. The molecule has 0 saturated carbocycles. The zero-order valence-electron chi connectivity index (χ0n) is 22.3. The fraction of sp³-hybridized carbons (Fsp3) is 0.310. The number of carbonyl (C=O) groups excluding carboxylic acids is 2. The topological polar surface area (TPSA) is 86.8 Å². The lowest BCUT2D eigenvalue weighted by Gasteiger charge is -2.32. The summed E-state index contributed by atoms with van der Waals surface area (Å²) in [6.45, 7) is 8.84. The molecule has 3 aromatic rings. The number of amides is 2. The lowest BCUT2D eigenvalue weighted by atomic mass is 10.1. The molecule has 0 heterocycles. The number of benzene rings is 3. The van der Waals surface area contributed by atoms with Crippen molar-refractivity contribution in [1.82, 2.24) is 10.2 Å². The third kappa shape index (κ3) is 7.36. The van der Waals surface area contributed by atoms with Crippen molar-refractivity contribution in [1.29, 1.82) is 0 Å². The predicted molar refractivity (Wildman–Crippen MR) is 152 cm³/mol. The van der Waals surface area contributed by atoms with Crippen LogP contribution in [0.2, 0.25) is 5.02 Å². The predicted octanol–water partition coefficient (Wildman–Crippen LogP) is 5.09. The highest BCUT2D eigenvalue weighted by atomic mass is 35.5. The van der Waals surface area contributed by atoms with Crippen LogP contribution in [-0.2, 0) is 26.2 Å². The van der Waals surface area contributed by atoms with Crippen LogP contribution in [0.1, 0.15) is 37.5 Å². The van der Waals surface area contributed by atoms with E-state index in [-0.39, 0.29) is 23.4 Å². The van der Waals surface area contributed by atoms with Crippen LogP contribution in [0.15, 0.2) is 77.7 Å². The zero-order chi connectivity index (χ0) is 28.0. The first-order valence-electron chi connectivity index (χ1n) is 12.4. The maximum absolute atomic E-state index is 13.9. The Morgan fingerprint density at radius 1 is 0.895 bits per heavy atom. The van der Waals surface area contributed by atoms with E-state index in [2.05, 4.69) is 5.32 Å². The van der Waals surface area contributed by atoms with E-state index in [4.69, 9.17) is 11.6 Å². The minimum absolute atomic E-state index is 0.00566. The van der Waals surface area contributed by atoms with Crippen LogP contribution in [0.3, 0.4) is 0 Å². The molecule has 0 spiro atoms. The Balaban J connectivity index is 2.02. The zero-order valence-corrected chi connectivity index (χ0v) is 23.9. The molecular weight excluding hydrogens is 522 g/mol. The SMILES string of the molecule is Cc1ccc(N(CC(=O)N(Cc2cccc(C)c2)C(C)C(=O)NC(C)C)S(=O)(=O)c2ccc(Cl)cc2)cc1. The summed E-state index contributed by atoms with van der Waals surface area (Å²) < 4.78 is 28.6. The second-order valence-corrected chi connectivity index (χ2v) is 11.9. The van der Waals surface area contributed by atoms with Crippen LogP contribution < -0.4 is 9.62 Å². The average molecular weight is 556 g/mol. The van der Waals surface area contributed by atoms with Crippen molar-refractivity contribution in [3.05, 3.63) is 94.5 Å². The summed E-state index contributed by atoms with van der Waals surface area (Å²) in [5.41, 5.74) is 3.14. The Morgan fingerprint density at radius 2 is 1.53 bits per heavy atom. The van der Waals surface area contributed by atoms with Gasteiger partial charge >= 0.3 is 0 Å². The van der Waals surface area contributed by atoms with E-state index in [0.29, 0.717) is 10.7 Å². The number of hydrogen-bond acceptors (Lipinski definition) is 4. The average Bonchev–Trinajstić information content (AvgIpc) is 2.86. The Morgan fingerprint density at radius 3 is 2.11 bits per heavy atom. The van der Waals surface area contributed by atoms with Gasteiger partial charge in [-0.15, -0.1) is 0 Å². The molecule has 2 amide bonds. The molecule has 38 heavy (non-hydrogen) atoms. The van der Waals surface area contributed by atoms with Crippen LogP contribution in [0, 0.1) is 13.8 Å². The number of sulfonamides is 1. The Kier molecular flexibility index (Phi) is 9.57. The number of anilines is 1. The van der Waals surface area contributed by atoms with Crippen molar-refractivity contribution in [2.24, 2.45) is 0 Å². The molecule has 0 aromatic heterocycles. The maximum atomic E-state index is 13.9. The Hall–Kier alpha value is -3.36. The third-order valence-electron chi connectivity index (χ3n) is 6.04. The van der Waals surface area contributed by atoms with E-state index < -0.39 is 28.5 Å². The van der Waals surface area contributed by atoms with Gasteiger partial charge in [0, 0.05) is 17.6 Å². The number of aryl methyl sites for hydroxylation is 2. The van der Waals surface area contributed by atoms with Gasteiger partial charge in [0.15, 0.2) is 0 Å². The molecule has 3 rings (SSSR count). The van der Waals surface area contributed by atoms with Gasteiger partial charge in [0.2, 0.25) is 11.8 Å². The molecule has 9 heteroatoms. The number of carbonyl (C=O) groups is 2. The molecule has 0 fully saturated rings. The standard InChI is InChI=1S/C29H34ClN3O4S/c1-20(2)31-29(35)23(5)32(18-24-8-6-7-22(4)17-24)28(34)19-33(26-13-9-21(3)10-14-26)38(36,37)27-15-11-25(30)12-16-27/h6-17,20,23H,18-19H2,1-5H3,(H,31,35). The number of hydrogen-bond donors (Lipinski definition) is 1. The molecule has 0 radical (unpaired) electrons. The number of halogens is 1. The van der Waals surface area contributed by atoms with Crippen LogP contribution >= 0.6 is 11.6 Å². The first-order valence-corrected chi connectivity index (χ1v) is 14.2. The Labute approximate surface area is 230 Å². The number of nitrogens with zero attached hydrogens (tertiary/aromatic N) is 2. The fourth-order valence-corrected chi connectivity index (χ4v) is 5.51. The highest BCUT2D eigenvalue weighted by Gasteiger charge is 2.32. The quantitative estimate of drug-likeness (QED) is 0.377. The van der Waals surface area contributed by atoms with Gasteiger partial charge in [-0.05, 0) is 76.6 Å².